The molecule has 3 rings (SSSR count). The summed E-state index contributed by atoms with van der Waals surface area (Å²) in [6.45, 7) is 2.60. The molecule has 0 aliphatic carbocycles. The van der Waals surface area contributed by atoms with Crippen molar-refractivity contribution in [3.05, 3.63) is 54.1 Å². The Morgan fingerprint density at radius 3 is 2.44 bits per heavy atom. The van der Waals surface area contributed by atoms with Crippen LogP contribution >= 0.6 is 0 Å². The number of ether oxygens (including phenoxy) is 1. The highest BCUT2D eigenvalue weighted by atomic mass is 16.5. The molecule has 1 heterocycles. The number of hydrogen-bond acceptors (Lipinski definition) is 3. The zero-order valence-corrected chi connectivity index (χ0v) is 14.0. The fourth-order valence-corrected chi connectivity index (χ4v) is 2.77. The Hall–Kier alpha value is -3.02. The molecule has 2 aromatic carbocycles. The highest BCUT2D eigenvalue weighted by Crippen LogP contribution is 2.26. The number of anilines is 2. The van der Waals surface area contributed by atoms with Gasteiger partial charge in [0.1, 0.15) is 5.75 Å². The van der Waals surface area contributed by atoms with Gasteiger partial charge in [-0.25, -0.2) is 4.79 Å². The summed E-state index contributed by atoms with van der Waals surface area (Å²) in [6.07, 6.45) is 0.891. The normalized spacial score (nSPS) is 15.5. The molecule has 6 heteroatoms. The Morgan fingerprint density at radius 1 is 1.04 bits per heavy atom. The van der Waals surface area contributed by atoms with Crippen molar-refractivity contribution in [3.63, 3.8) is 0 Å². The van der Waals surface area contributed by atoms with Crippen molar-refractivity contribution in [3.8, 4) is 5.75 Å². The van der Waals surface area contributed by atoms with Crippen molar-refractivity contribution in [2.24, 2.45) is 5.92 Å². The molecule has 130 valence electrons. The van der Waals surface area contributed by atoms with Crippen molar-refractivity contribution in [1.29, 1.82) is 0 Å². The molecule has 0 spiro atoms. The van der Waals surface area contributed by atoms with Gasteiger partial charge in [0.2, 0.25) is 5.91 Å². The van der Waals surface area contributed by atoms with Crippen LogP contribution in [0.4, 0.5) is 16.2 Å². The molecule has 0 radical (unpaired) electrons. The third kappa shape index (κ3) is 4.73. The van der Waals surface area contributed by atoms with E-state index in [4.69, 9.17) is 4.74 Å². The number of para-hydroxylation sites is 1. The number of hydrogen-bond donors (Lipinski definition) is 3. The van der Waals surface area contributed by atoms with E-state index >= 15 is 0 Å². The van der Waals surface area contributed by atoms with Gasteiger partial charge in [-0.2, -0.15) is 0 Å². The summed E-state index contributed by atoms with van der Waals surface area (Å²) in [5.41, 5.74) is 2.53. The van der Waals surface area contributed by atoms with E-state index in [1.807, 2.05) is 18.2 Å². The Balaban J connectivity index is 1.46. The Labute approximate surface area is 146 Å². The fourth-order valence-electron chi connectivity index (χ4n) is 2.77. The molecular formula is C19H21N3O3. The van der Waals surface area contributed by atoms with Gasteiger partial charge in [-0.1, -0.05) is 18.2 Å². The largest absolute Gasteiger partial charge is 0.493 e. The maximum atomic E-state index is 12.0. The first-order valence-electron chi connectivity index (χ1n) is 8.23. The van der Waals surface area contributed by atoms with E-state index < -0.39 is 0 Å². The molecule has 3 amide bonds. The minimum atomic E-state index is -0.258. The van der Waals surface area contributed by atoms with Crippen LogP contribution in [-0.2, 0) is 11.2 Å². The summed E-state index contributed by atoms with van der Waals surface area (Å²) >= 11 is 0. The molecule has 0 saturated heterocycles. The molecule has 0 aromatic heterocycles. The molecule has 3 N–H and O–H groups in total. The number of carbonyl (C=O) groups excluding carboxylic acids is 2. The van der Waals surface area contributed by atoms with E-state index in [1.165, 1.54) is 12.5 Å². The van der Waals surface area contributed by atoms with Crippen LogP contribution in [0.15, 0.2) is 48.5 Å². The lowest BCUT2D eigenvalue weighted by atomic mass is 9.97. The first-order valence-corrected chi connectivity index (χ1v) is 8.23. The lowest BCUT2D eigenvalue weighted by Gasteiger charge is -2.25. The zero-order valence-electron chi connectivity index (χ0n) is 14.0. The first kappa shape index (κ1) is 16.8. The van der Waals surface area contributed by atoms with Crippen LogP contribution in [0.25, 0.3) is 0 Å². The zero-order chi connectivity index (χ0) is 17.6. The second-order valence-corrected chi connectivity index (χ2v) is 6.08. The van der Waals surface area contributed by atoms with Gasteiger partial charge in [-0.3, -0.25) is 4.79 Å². The molecule has 1 unspecified atom stereocenters. The molecule has 0 fully saturated rings. The average molecular weight is 339 g/mol. The maximum absolute atomic E-state index is 12.0. The topological polar surface area (TPSA) is 79.5 Å². The summed E-state index contributed by atoms with van der Waals surface area (Å²) in [7, 11) is 0. The van der Waals surface area contributed by atoms with Gasteiger partial charge in [0.25, 0.3) is 0 Å². The minimum Gasteiger partial charge on any atom is -0.493 e. The van der Waals surface area contributed by atoms with E-state index in [-0.39, 0.29) is 17.9 Å². The molecule has 1 aliphatic heterocycles. The summed E-state index contributed by atoms with van der Waals surface area (Å²) in [4.78, 5) is 23.0. The standard InChI is InChI=1S/C19H21N3O3/c1-13(23)21-16-6-8-17(9-7-16)22-19(24)20-11-14-10-15-4-2-3-5-18(15)25-12-14/h2-9,14H,10-12H2,1H3,(H,21,23)(H2,20,22,24). The number of benzene rings is 2. The third-order valence-corrected chi connectivity index (χ3v) is 3.97. The van der Waals surface area contributed by atoms with Gasteiger partial charge in [-0.05, 0) is 42.3 Å². The highest BCUT2D eigenvalue weighted by molar-refractivity contribution is 5.91. The van der Waals surface area contributed by atoms with Crippen LogP contribution in [0.5, 0.6) is 5.75 Å². The predicted octanol–water partition coefficient (Wildman–Crippen LogP) is 3.02. The molecule has 1 aliphatic rings. The van der Waals surface area contributed by atoms with E-state index in [9.17, 15) is 9.59 Å². The second kappa shape index (κ2) is 7.70. The summed E-state index contributed by atoms with van der Waals surface area (Å²) in [5, 5.41) is 8.34. The van der Waals surface area contributed by atoms with Crippen LogP contribution in [0.3, 0.4) is 0 Å². The van der Waals surface area contributed by atoms with Crippen LogP contribution in [0.2, 0.25) is 0 Å². The number of amides is 3. The SMILES string of the molecule is CC(=O)Nc1ccc(NC(=O)NCC2COc3ccccc3C2)cc1. The van der Waals surface area contributed by atoms with Crippen LogP contribution in [0.1, 0.15) is 12.5 Å². The highest BCUT2D eigenvalue weighted by Gasteiger charge is 2.19. The summed E-state index contributed by atoms with van der Waals surface area (Å²) in [6, 6.07) is 14.7. The lowest BCUT2D eigenvalue weighted by molar-refractivity contribution is -0.114. The Kier molecular flexibility index (Phi) is 5.18. The van der Waals surface area contributed by atoms with E-state index in [0.717, 1.165) is 12.2 Å². The van der Waals surface area contributed by atoms with Gasteiger partial charge >= 0.3 is 6.03 Å². The van der Waals surface area contributed by atoms with Crippen LogP contribution in [0, 0.1) is 5.92 Å². The smallest absolute Gasteiger partial charge is 0.319 e. The van der Waals surface area contributed by atoms with Gasteiger partial charge in [0, 0.05) is 30.8 Å². The van der Waals surface area contributed by atoms with Crippen molar-refractivity contribution in [2.45, 2.75) is 13.3 Å². The Morgan fingerprint density at radius 2 is 1.72 bits per heavy atom. The summed E-state index contributed by atoms with van der Waals surface area (Å²) < 4.78 is 5.73. The first-order chi connectivity index (χ1) is 12.1. The molecule has 2 aromatic rings. The van der Waals surface area contributed by atoms with E-state index in [0.29, 0.717) is 24.5 Å². The van der Waals surface area contributed by atoms with Crippen molar-refractivity contribution >= 4 is 23.3 Å². The van der Waals surface area contributed by atoms with Crippen molar-refractivity contribution in [2.75, 3.05) is 23.8 Å². The molecule has 6 nitrogen and oxygen atoms in total. The number of nitrogens with one attached hydrogen (secondary N) is 3. The number of urea groups is 1. The maximum Gasteiger partial charge on any atom is 0.319 e. The number of fused-ring (bicyclic) bond motifs is 1. The Bertz CT molecular complexity index is 759. The average Bonchev–Trinajstić information content (AvgIpc) is 2.61. The molecular weight excluding hydrogens is 318 g/mol. The van der Waals surface area contributed by atoms with Crippen LogP contribution < -0.4 is 20.7 Å². The molecule has 0 saturated carbocycles. The van der Waals surface area contributed by atoms with E-state index in [1.54, 1.807) is 24.3 Å². The second-order valence-electron chi connectivity index (χ2n) is 6.08. The predicted molar refractivity (Wildman–Crippen MR) is 96.9 cm³/mol. The molecule has 25 heavy (non-hydrogen) atoms. The minimum absolute atomic E-state index is 0.130. The summed E-state index contributed by atoms with van der Waals surface area (Å²) in [5.74, 6) is 1.06. The number of rotatable bonds is 4. The monoisotopic (exact) mass is 339 g/mol. The van der Waals surface area contributed by atoms with Crippen LogP contribution in [-0.4, -0.2) is 25.1 Å². The van der Waals surface area contributed by atoms with Gasteiger partial charge in [-0.15, -0.1) is 0 Å². The third-order valence-electron chi connectivity index (χ3n) is 3.97. The fraction of sp³-hybridized carbons (Fsp3) is 0.263. The quantitative estimate of drug-likeness (QED) is 0.801. The lowest BCUT2D eigenvalue weighted by Crippen LogP contribution is -2.37. The molecule has 0 bridgehead atoms. The van der Waals surface area contributed by atoms with Gasteiger partial charge in [0.15, 0.2) is 0 Å². The van der Waals surface area contributed by atoms with Gasteiger partial charge in [0.05, 0.1) is 6.61 Å². The van der Waals surface area contributed by atoms with Gasteiger partial charge < -0.3 is 20.7 Å². The van der Waals surface area contributed by atoms with E-state index in [2.05, 4.69) is 22.0 Å². The number of carbonyl (C=O) groups is 2. The molecule has 1 atom stereocenters. The van der Waals surface area contributed by atoms with Crippen molar-refractivity contribution < 1.29 is 14.3 Å². The van der Waals surface area contributed by atoms with Crippen molar-refractivity contribution in [1.82, 2.24) is 5.32 Å².